The molecule has 0 spiro atoms. The molecule has 1 amide bonds. The minimum Gasteiger partial charge on any atom is -0.351 e. The second-order valence-corrected chi connectivity index (χ2v) is 7.19. The summed E-state index contributed by atoms with van der Waals surface area (Å²) in [5.41, 5.74) is -0.704. The van der Waals surface area contributed by atoms with E-state index in [9.17, 15) is 22.0 Å². The topological polar surface area (TPSA) is 89.3 Å². The number of halogens is 2. The predicted molar refractivity (Wildman–Crippen MR) is 72.0 cm³/mol. The molecular formula is C13H16F2N2O3S. The normalized spacial score (nSPS) is 17.1. The van der Waals surface area contributed by atoms with Crippen LogP contribution >= 0.6 is 0 Å². The third kappa shape index (κ3) is 3.38. The van der Waals surface area contributed by atoms with Crippen molar-refractivity contribution in [3.63, 3.8) is 0 Å². The number of carbonyl (C=O) groups excluding carboxylic acids is 1. The van der Waals surface area contributed by atoms with E-state index < -0.39 is 38.0 Å². The first kappa shape index (κ1) is 15.8. The van der Waals surface area contributed by atoms with E-state index >= 15 is 0 Å². The van der Waals surface area contributed by atoms with Crippen molar-refractivity contribution in [1.82, 2.24) is 5.32 Å². The van der Waals surface area contributed by atoms with Gasteiger partial charge in [-0.25, -0.2) is 22.3 Å². The first-order chi connectivity index (χ1) is 9.62. The van der Waals surface area contributed by atoms with Crippen molar-refractivity contribution in [3.8, 4) is 0 Å². The molecule has 1 saturated carbocycles. The highest BCUT2D eigenvalue weighted by molar-refractivity contribution is 7.89. The summed E-state index contributed by atoms with van der Waals surface area (Å²) in [5.74, 6) is -3.24. The maximum Gasteiger partial charge on any atom is 0.254 e. The lowest BCUT2D eigenvalue weighted by molar-refractivity contribution is 0.0885. The van der Waals surface area contributed by atoms with Crippen LogP contribution in [0.4, 0.5) is 8.78 Å². The van der Waals surface area contributed by atoms with Gasteiger partial charge in [-0.3, -0.25) is 4.79 Å². The van der Waals surface area contributed by atoms with Gasteiger partial charge in [-0.2, -0.15) is 0 Å². The van der Waals surface area contributed by atoms with Gasteiger partial charge in [0.15, 0.2) is 5.82 Å². The maximum atomic E-state index is 14.0. The van der Waals surface area contributed by atoms with Crippen LogP contribution in [0.2, 0.25) is 0 Å². The number of hydrogen-bond donors (Lipinski definition) is 2. The molecule has 0 saturated heterocycles. The van der Waals surface area contributed by atoms with Crippen LogP contribution in [0.3, 0.4) is 0 Å². The Kier molecular flexibility index (Phi) is 4.03. The molecule has 0 bridgehead atoms. The number of benzene rings is 1. The largest absolute Gasteiger partial charge is 0.351 e. The summed E-state index contributed by atoms with van der Waals surface area (Å²) >= 11 is 0. The zero-order valence-corrected chi connectivity index (χ0v) is 12.3. The minimum absolute atomic E-state index is 0.0394. The standard InChI is InChI=1S/C13H16F2N2O3S/c1-13(3-2-4-13)7-17-12(18)9-5-8(14)6-10(11(9)15)21(16,19)20/h5-6H,2-4,7H2,1H3,(H,17,18)(H2,16,19,20). The smallest absolute Gasteiger partial charge is 0.254 e. The molecule has 1 aliphatic carbocycles. The van der Waals surface area contributed by atoms with Gasteiger partial charge in [0.2, 0.25) is 10.0 Å². The van der Waals surface area contributed by atoms with Gasteiger partial charge >= 0.3 is 0 Å². The molecule has 3 N–H and O–H groups in total. The zero-order valence-electron chi connectivity index (χ0n) is 11.4. The fraction of sp³-hybridized carbons (Fsp3) is 0.462. The number of nitrogens with one attached hydrogen (secondary N) is 1. The lowest BCUT2D eigenvalue weighted by Gasteiger charge is -2.38. The molecule has 1 aromatic carbocycles. The van der Waals surface area contributed by atoms with E-state index in [1.54, 1.807) is 0 Å². The van der Waals surface area contributed by atoms with Crippen LogP contribution in [0, 0.1) is 17.0 Å². The van der Waals surface area contributed by atoms with Crippen molar-refractivity contribution in [2.75, 3.05) is 6.54 Å². The third-order valence-corrected chi connectivity index (χ3v) is 4.70. The summed E-state index contributed by atoms with van der Waals surface area (Å²) in [5, 5.41) is 7.31. The lowest BCUT2D eigenvalue weighted by Crippen LogP contribution is -2.40. The van der Waals surface area contributed by atoms with E-state index in [1.807, 2.05) is 6.92 Å². The van der Waals surface area contributed by atoms with Crippen molar-refractivity contribution in [3.05, 3.63) is 29.3 Å². The highest BCUT2D eigenvalue weighted by atomic mass is 32.2. The van der Waals surface area contributed by atoms with Crippen LogP contribution in [-0.4, -0.2) is 20.9 Å². The SMILES string of the molecule is CC1(CNC(=O)c2cc(F)cc(S(N)(=O)=O)c2F)CCC1. The molecule has 0 heterocycles. The van der Waals surface area contributed by atoms with E-state index in [4.69, 9.17) is 5.14 Å². The summed E-state index contributed by atoms with van der Waals surface area (Å²) < 4.78 is 49.8. The number of amides is 1. The fourth-order valence-corrected chi connectivity index (χ4v) is 2.92. The lowest BCUT2D eigenvalue weighted by atomic mass is 9.70. The van der Waals surface area contributed by atoms with Gasteiger partial charge in [0.05, 0.1) is 5.56 Å². The highest BCUT2D eigenvalue weighted by Gasteiger charge is 2.32. The first-order valence-corrected chi connectivity index (χ1v) is 7.97. The molecule has 116 valence electrons. The molecule has 2 rings (SSSR count). The highest BCUT2D eigenvalue weighted by Crippen LogP contribution is 2.39. The first-order valence-electron chi connectivity index (χ1n) is 6.42. The van der Waals surface area contributed by atoms with Gasteiger partial charge in [0, 0.05) is 6.54 Å². The predicted octanol–water partition coefficient (Wildman–Crippen LogP) is 1.53. The molecule has 21 heavy (non-hydrogen) atoms. The van der Waals surface area contributed by atoms with Crippen molar-refractivity contribution in [2.45, 2.75) is 31.1 Å². The summed E-state index contributed by atoms with van der Waals surface area (Å²) in [6.45, 7) is 2.31. The molecule has 5 nitrogen and oxygen atoms in total. The van der Waals surface area contributed by atoms with Crippen LogP contribution < -0.4 is 10.5 Å². The van der Waals surface area contributed by atoms with Crippen molar-refractivity contribution >= 4 is 15.9 Å². The fourth-order valence-electron chi connectivity index (χ4n) is 2.28. The second kappa shape index (κ2) is 5.34. The van der Waals surface area contributed by atoms with Gasteiger partial charge in [-0.05, 0) is 30.4 Å². The molecular weight excluding hydrogens is 302 g/mol. The van der Waals surface area contributed by atoms with E-state index in [-0.39, 0.29) is 5.41 Å². The summed E-state index contributed by atoms with van der Waals surface area (Å²) in [4.78, 5) is 10.9. The van der Waals surface area contributed by atoms with E-state index in [0.717, 1.165) is 19.3 Å². The van der Waals surface area contributed by atoms with Gasteiger partial charge in [0.1, 0.15) is 10.7 Å². The number of primary sulfonamides is 1. The van der Waals surface area contributed by atoms with E-state index in [0.29, 0.717) is 18.7 Å². The Labute approximate surface area is 121 Å². The van der Waals surface area contributed by atoms with Crippen LogP contribution in [0.1, 0.15) is 36.5 Å². The Morgan fingerprint density at radius 2 is 2.00 bits per heavy atom. The summed E-state index contributed by atoms with van der Waals surface area (Å²) in [6, 6.07) is 1.11. The Morgan fingerprint density at radius 3 is 2.48 bits per heavy atom. The molecule has 0 aliphatic heterocycles. The van der Waals surface area contributed by atoms with Crippen molar-refractivity contribution in [1.29, 1.82) is 0 Å². The maximum absolute atomic E-state index is 14.0. The number of rotatable bonds is 4. The average Bonchev–Trinajstić information content (AvgIpc) is 2.34. The Balaban J connectivity index is 2.26. The van der Waals surface area contributed by atoms with Crippen molar-refractivity contribution in [2.24, 2.45) is 10.6 Å². The van der Waals surface area contributed by atoms with Gasteiger partial charge in [-0.1, -0.05) is 13.3 Å². The van der Waals surface area contributed by atoms with Crippen LogP contribution in [-0.2, 0) is 10.0 Å². The molecule has 0 radical (unpaired) electrons. The molecule has 1 fully saturated rings. The zero-order chi connectivity index (χ0) is 15.8. The summed E-state index contributed by atoms with van der Waals surface area (Å²) in [6.07, 6.45) is 2.96. The number of hydrogen-bond acceptors (Lipinski definition) is 3. The van der Waals surface area contributed by atoms with E-state index in [2.05, 4.69) is 5.32 Å². The minimum atomic E-state index is -4.44. The number of sulfonamides is 1. The number of nitrogens with two attached hydrogens (primary N) is 1. The Hall–Kier alpha value is -1.54. The van der Waals surface area contributed by atoms with Gasteiger partial charge in [-0.15, -0.1) is 0 Å². The molecule has 8 heteroatoms. The van der Waals surface area contributed by atoms with Gasteiger partial charge in [0.25, 0.3) is 5.91 Å². The second-order valence-electron chi connectivity index (χ2n) is 5.66. The molecule has 0 aromatic heterocycles. The quantitative estimate of drug-likeness (QED) is 0.882. The van der Waals surface area contributed by atoms with Gasteiger partial charge < -0.3 is 5.32 Å². The van der Waals surface area contributed by atoms with Crippen molar-refractivity contribution < 1.29 is 22.0 Å². The molecule has 1 aromatic rings. The monoisotopic (exact) mass is 318 g/mol. The molecule has 0 unspecified atom stereocenters. The average molecular weight is 318 g/mol. The van der Waals surface area contributed by atoms with Crippen LogP contribution in [0.25, 0.3) is 0 Å². The van der Waals surface area contributed by atoms with Crippen LogP contribution in [0.15, 0.2) is 17.0 Å². The Morgan fingerprint density at radius 1 is 1.38 bits per heavy atom. The number of carbonyl (C=O) groups is 1. The third-order valence-electron chi connectivity index (χ3n) is 3.79. The van der Waals surface area contributed by atoms with Crippen LogP contribution in [0.5, 0.6) is 0 Å². The van der Waals surface area contributed by atoms with E-state index in [1.165, 1.54) is 0 Å². The molecule has 0 atom stereocenters. The Bertz CT molecular complexity index is 685. The molecule has 1 aliphatic rings. The summed E-state index contributed by atoms with van der Waals surface area (Å²) in [7, 11) is -4.44.